The predicted octanol–water partition coefficient (Wildman–Crippen LogP) is 2.49. The Balaban J connectivity index is 2.21. The second kappa shape index (κ2) is 7.34. The summed E-state index contributed by atoms with van der Waals surface area (Å²) in [6, 6.07) is 0. The van der Waals surface area contributed by atoms with Gasteiger partial charge in [0.25, 0.3) is 0 Å². The molecule has 1 rings (SSSR count). The Kier molecular flexibility index (Phi) is 5.92. The smallest absolute Gasteiger partial charge is 0.223 e. The zero-order valence-electron chi connectivity index (χ0n) is 9.64. The van der Waals surface area contributed by atoms with Crippen LogP contribution in [-0.2, 0) is 4.79 Å². The van der Waals surface area contributed by atoms with E-state index in [-0.39, 0.29) is 11.8 Å². The van der Waals surface area contributed by atoms with E-state index in [2.05, 4.69) is 17.2 Å². The molecule has 15 heavy (non-hydrogen) atoms. The predicted molar refractivity (Wildman–Crippen MR) is 62.3 cm³/mol. The fourth-order valence-corrected chi connectivity index (χ4v) is 2.06. The Morgan fingerprint density at radius 3 is 2.53 bits per heavy atom. The summed E-state index contributed by atoms with van der Waals surface area (Å²) in [7, 11) is 0. The first kappa shape index (κ1) is 12.1. The highest BCUT2D eigenvalue weighted by molar-refractivity contribution is 5.78. The molecule has 1 amide bonds. The molecule has 0 aromatic rings. The average molecular weight is 207 g/mol. The first-order valence-corrected chi connectivity index (χ1v) is 6.02. The number of carbonyl (C=O) groups excluding carboxylic acids is 1. The fraction of sp³-hybridized carbons (Fsp3) is 0.769. The van der Waals surface area contributed by atoms with Gasteiger partial charge in [-0.2, -0.15) is 0 Å². The van der Waals surface area contributed by atoms with Crippen LogP contribution in [0.4, 0.5) is 0 Å². The van der Waals surface area contributed by atoms with Crippen molar-refractivity contribution in [2.24, 2.45) is 5.92 Å². The highest BCUT2D eigenvalue weighted by Crippen LogP contribution is 2.22. The molecule has 0 bridgehead atoms. The summed E-state index contributed by atoms with van der Waals surface area (Å²) in [4.78, 5) is 11.8. The van der Waals surface area contributed by atoms with Gasteiger partial charge >= 0.3 is 0 Å². The molecule has 0 aromatic heterocycles. The van der Waals surface area contributed by atoms with Gasteiger partial charge in [-0.05, 0) is 19.8 Å². The van der Waals surface area contributed by atoms with Crippen LogP contribution in [0.25, 0.3) is 0 Å². The van der Waals surface area contributed by atoms with Crippen molar-refractivity contribution >= 4 is 5.91 Å². The Morgan fingerprint density at radius 2 is 1.93 bits per heavy atom. The second-order valence-electron chi connectivity index (χ2n) is 4.16. The first-order valence-electron chi connectivity index (χ1n) is 6.02. The molecule has 1 saturated carbocycles. The molecule has 0 saturated heterocycles. The molecule has 1 aliphatic carbocycles. The summed E-state index contributed by atoms with van der Waals surface area (Å²) in [5, 5.41) is 2.97. The number of amides is 1. The van der Waals surface area contributed by atoms with Crippen molar-refractivity contribution in [2.45, 2.75) is 51.9 Å². The van der Waals surface area contributed by atoms with Crippen molar-refractivity contribution in [3.8, 4) is 11.8 Å². The van der Waals surface area contributed by atoms with Gasteiger partial charge in [0, 0.05) is 18.9 Å². The zero-order valence-corrected chi connectivity index (χ0v) is 9.64. The number of hydrogen-bond donors (Lipinski definition) is 1. The molecule has 2 nitrogen and oxygen atoms in total. The Labute approximate surface area is 92.8 Å². The summed E-state index contributed by atoms with van der Waals surface area (Å²) in [5.41, 5.74) is 0. The molecule has 0 heterocycles. The van der Waals surface area contributed by atoms with Crippen LogP contribution in [0.2, 0.25) is 0 Å². The normalized spacial score (nSPS) is 17.4. The Hall–Kier alpha value is -0.970. The molecule has 0 aliphatic heterocycles. The van der Waals surface area contributed by atoms with Crippen LogP contribution in [0.15, 0.2) is 0 Å². The topological polar surface area (TPSA) is 29.1 Å². The third kappa shape index (κ3) is 4.88. The lowest BCUT2D eigenvalue weighted by molar-refractivity contribution is -0.125. The molecule has 0 spiro atoms. The maximum atomic E-state index is 11.8. The molecule has 2 heteroatoms. The van der Waals surface area contributed by atoms with E-state index in [1.807, 2.05) is 6.92 Å². The van der Waals surface area contributed by atoms with Crippen LogP contribution in [0.1, 0.15) is 51.9 Å². The van der Waals surface area contributed by atoms with E-state index in [0.29, 0.717) is 6.54 Å². The van der Waals surface area contributed by atoms with E-state index >= 15 is 0 Å². The number of rotatable bonds is 3. The second-order valence-corrected chi connectivity index (χ2v) is 4.16. The van der Waals surface area contributed by atoms with Crippen molar-refractivity contribution in [3.63, 3.8) is 0 Å². The van der Waals surface area contributed by atoms with Gasteiger partial charge in [-0.3, -0.25) is 4.79 Å². The van der Waals surface area contributed by atoms with Crippen molar-refractivity contribution in [1.82, 2.24) is 5.32 Å². The van der Waals surface area contributed by atoms with Crippen LogP contribution in [0, 0.1) is 17.8 Å². The molecular formula is C13H21NO. The summed E-state index contributed by atoms with van der Waals surface area (Å²) < 4.78 is 0. The van der Waals surface area contributed by atoms with E-state index in [1.54, 1.807) is 0 Å². The van der Waals surface area contributed by atoms with Gasteiger partial charge < -0.3 is 5.32 Å². The maximum Gasteiger partial charge on any atom is 0.223 e. The third-order valence-corrected chi connectivity index (χ3v) is 2.95. The van der Waals surface area contributed by atoms with Gasteiger partial charge in [0.15, 0.2) is 0 Å². The van der Waals surface area contributed by atoms with Crippen molar-refractivity contribution in [2.75, 3.05) is 6.54 Å². The van der Waals surface area contributed by atoms with Crippen LogP contribution >= 0.6 is 0 Å². The van der Waals surface area contributed by atoms with Crippen LogP contribution in [0.3, 0.4) is 0 Å². The quantitative estimate of drug-likeness (QED) is 0.430. The van der Waals surface area contributed by atoms with Gasteiger partial charge in [-0.1, -0.05) is 25.7 Å². The van der Waals surface area contributed by atoms with E-state index in [9.17, 15) is 4.79 Å². The third-order valence-electron chi connectivity index (χ3n) is 2.95. The molecule has 1 fully saturated rings. The lowest BCUT2D eigenvalue weighted by Gasteiger charge is -2.13. The fourth-order valence-electron chi connectivity index (χ4n) is 2.06. The monoisotopic (exact) mass is 207 g/mol. The van der Waals surface area contributed by atoms with Crippen molar-refractivity contribution in [1.29, 1.82) is 0 Å². The van der Waals surface area contributed by atoms with Crippen LogP contribution in [-0.4, -0.2) is 12.5 Å². The van der Waals surface area contributed by atoms with E-state index < -0.39 is 0 Å². The van der Waals surface area contributed by atoms with Gasteiger partial charge in [0.05, 0.1) is 0 Å². The lowest BCUT2D eigenvalue weighted by atomic mass is 9.99. The number of hydrogen-bond acceptors (Lipinski definition) is 1. The van der Waals surface area contributed by atoms with Crippen molar-refractivity contribution < 1.29 is 4.79 Å². The average Bonchev–Trinajstić information content (AvgIpc) is 2.52. The minimum atomic E-state index is 0.245. The minimum Gasteiger partial charge on any atom is -0.355 e. The molecule has 0 atom stereocenters. The standard InChI is InChI=1S/C13H21NO/c1-2-3-8-11-14-13(15)12-9-6-4-5-7-10-12/h12H,4-11H2,1H3,(H,14,15). The summed E-state index contributed by atoms with van der Waals surface area (Å²) in [5.74, 6) is 6.29. The molecule has 1 aliphatic rings. The zero-order chi connectivity index (χ0) is 10.9. The summed E-state index contributed by atoms with van der Waals surface area (Å²) in [6.45, 7) is 2.53. The molecule has 1 N–H and O–H groups in total. The highest BCUT2D eigenvalue weighted by atomic mass is 16.1. The van der Waals surface area contributed by atoms with Crippen LogP contribution < -0.4 is 5.32 Å². The Bertz CT molecular complexity index is 241. The maximum absolute atomic E-state index is 11.8. The van der Waals surface area contributed by atoms with Gasteiger partial charge in [0.1, 0.15) is 0 Å². The number of carbonyl (C=O) groups is 1. The summed E-state index contributed by atoms with van der Waals surface area (Å²) >= 11 is 0. The van der Waals surface area contributed by atoms with E-state index in [0.717, 1.165) is 19.3 Å². The SMILES string of the molecule is CC#CCCNC(=O)C1CCCCCC1. The molecule has 0 radical (unpaired) electrons. The lowest BCUT2D eigenvalue weighted by Crippen LogP contribution is -2.31. The Morgan fingerprint density at radius 1 is 1.27 bits per heavy atom. The minimum absolute atomic E-state index is 0.245. The molecule has 0 unspecified atom stereocenters. The summed E-state index contributed by atoms with van der Waals surface area (Å²) in [6.07, 6.45) is 7.95. The first-order chi connectivity index (χ1) is 7.34. The number of nitrogens with one attached hydrogen (secondary N) is 1. The van der Waals surface area contributed by atoms with Crippen molar-refractivity contribution in [3.05, 3.63) is 0 Å². The van der Waals surface area contributed by atoms with Gasteiger partial charge in [-0.25, -0.2) is 0 Å². The largest absolute Gasteiger partial charge is 0.355 e. The molecular weight excluding hydrogens is 186 g/mol. The van der Waals surface area contributed by atoms with Gasteiger partial charge in [-0.15, -0.1) is 11.8 Å². The van der Waals surface area contributed by atoms with Gasteiger partial charge in [0.2, 0.25) is 5.91 Å². The van der Waals surface area contributed by atoms with E-state index in [4.69, 9.17) is 0 Å². The van der Waals surface area contributed by atoms with Crippen LogP contribution in [0.5, 0.6) is 0 Å². The molecule has 0 aromatic carbocycles. The van der Waals surface area contributed by atoms with E-state index in [1.165, 1.54) is 25.7 Å². The molecule has 84 valence electrons. The highest BCUT2D eigenvalue weighted by Gasteiger charge is 2.18.